The summed E-state index contributed by atoms with van der Waals surface area (Å²) < 4.78 is 4.70. The molecule has 0 saturated carbocycles. The van der Waals surface area contributed by atoms with Crippen LogP contribution in [0.2, 0.25) is 0 Å². The predicted molar refractivity (Wildman–Crippen MR) is 92.4 cm³/mol. The molecule has 2 aromatic carbocycles. The van der Waals surface area contributed by atoms with Crippen LogP contribution in [0, 0.1) is 16.0 Å². The zero-order chi connectivity index (χ0) is 18.4. The largest absolute Gasteiger partial charge is 0.469 e. The first kappa shape index (κ1) is 18.1. The quantitative estimate of drug-likeness (QED) is 0.457. The number of nitro benzene ring substituents is 1. The number of rotatable bonds is 6. The van der Waals surface area contributed by atoms with E-state index in [1.165, 1.54) is 30.2 Å². The van der Waals surface area contributed by atoms with Gasteiger partial charge in [0, 0.05) is 18.2 Å². The average molecular weight is 342 g/mol. The van der Waals surface area contributed by atoms with Crippen molar-refractivity contribution in [1.29, 1.82) is 0 Å². The molecule has 0 spiro atoms. The zero-order valence-corrected chi connectivity index (χ0v) is 13.9. The van der Waals surface area contributed by atoms with E-state index in [9.17, 15) is 19.7 Å². The zero-order valence-electron chi connectivity index (χ0n) is 13.9. The Balaban J connectivity index is 2.48. The van der Waals surface area contributed by atoms with Crippen LogP contribution in [0.5, 0.6) is 0 Å². The number of hydrogen-bond donors (Lipinski definition) is 0. The van der Waals surface area contributed by atoms with Crippen LogP contribution in [0.25, 0.3) is 0 Å². The van der Waals surface area contributed by atoms with Gasteiger partial charge in [0.2, 0.25) is 0 Å². The third-order valence-corrected chi connectivity index (χ3v) is 3.70. The van der Waals surface area contributed by atoms with Crippen molar-refractivity contribution in [3.05, 3.63) is 70.3 Å². The Morgan fingerprint density at radius 2 is 1.72 bits per heavy atom. The lowest BCUT2D eigenvalue weighted by Crippen LogP contribution is -2.37. The van der Waals surface area contributed by atoms with Crippen molar-refractivity contribution in [3.63, 3.8) is 0 Å². The summed E-state index contributed by atoms with van der Waals surface area (Å²) in [6, 6.07) is 14.4. The monoisotopic (exact) mass is 342 g/mol. The highest BCUT2D eigenvalue weighted by Gasteiger charge is 2.28. The maximum Gasteiger partial charge on any atom is 0.310 e. The van der Waals surface area contributed by atoms with Crippen molar-refractivity contribution in [2.75, 3.05) is 18.6 Å². The molecule has 1 unspecified atom stereocenters. The second-order valence-corrected chi connectivity index (χ2v) is 5.45. The predicted octanol–water partition coefficient (Wildman–Crippen LogP) is 3.05. The van der Waals surface area contributed by atoms with E-state index in [4.69, 9.17) is 4.74 Å². The standard InChI is InChI=1S/C18H18N2O5/c1-13(18(22)25-2)12-19(17(21)14-8-4-3-5-9-14)15-10-6-7-11-16(15)20(23)24/h3-11,13H,12H2,1-2H3. The maximum absolute atomic E-state index is 12.9. The minimum Gasteiger partial charge on any atom is -0.469 e. The van der Waals surface area contributed by atoms with Gasteiger partial charge >= 0.3 is 5.97 Å². The fourth-order valence-corrected chi connectivity index (χ4v) is 2.42. The number of benzene rings is 2. The summed E-state index contributed by atoms with van der Waals surface area (Å²) in [5, 5.41) is 11.3. The number of nitrogens with zero attached hydrogens (tertiary/aromatic N) is 2. The number of ether oxygens (including phenoxy) is 1. The fraction of sp³-hybridized carbons (Fsp3) is 0.222. The molecule has 7 nitrogen and oxygen atoms in total. The van der Waals surface area contributed by atoms with Gasteiger partial charge in [0.15, 0.2) is 0 Å². The summed E-state index contributed by atoms with van der Waals surface area (Å²) in [5.41, 5.74) is 0.304. The summed E-state index contributed by atoms with van der Waals surface area (Å²) in [7, 11) is 1.26. The van der Waals surface area contributed by atoms with Crippen LogP contribution >= 0.6 is 0 Å². The van der Waals surface area contributed by atoms with Crippen LogP contribution in [0.15, 0.2) is 54.6 Å². The molecule has 2 aromatic rings. The van der Waals surface area contributed by atoms with E-state index >= 15 is 0 Å². The van der Waals surface area contributed by atoms with E-state index in [0.29, 0.717) is 5.56 Å². The number of hydrogen-bond acceptors (Lipinski definition) is 5. The highest BCUT2D eigenvalue weighted by Crippen LogP contribution is 2.29. The van der Waals surface area contributed by atoms with Crippen molar-refractivity contribution >= 4 is 23.3 Å². The third-order valence-electron chi connectivity index (χ3n) is 3.70. The summed E-state index contributed by atoms with van der Waals surface area (Å²) in [6.07, 6.45) is 0. The molecule has 130 valence electrons. The molecular formula is C18H18N2O5. The normalized spacial score (nSPS) is 11.4. The first-order valence-electron chi connectivity index (χ1n) is 7.64. The van der Waals surface area contributed by atoms with Crippen LogP contribution in [-0.4, -0.2) is 30.5 Å². The first-order valence-corrected chi connectivity index (χ1v) is 7.64. The second kappa shape index (κ2) is 8.05. The first-order chi connectivity index (χ1) is 12.0. The topological polar surface area (TPSA) is 89.8 Å². The molecule has 0 aromatic heterocycles. The molecule has 0 aliphatic heterocycles. The van der Waals surface area contributed by atoms with Crippen molar-refractivity contribution in [3.8, 4) is 0 Å². The minimum absolute atomic E-state index is 0.0365. The minimum atomic E-state index is -0.641. The summed E-state index contributed by atoms with van der Waals surface area (Å²) >= 11 is 0. The molecule has 0 aliphatic carbocycles. The van der Waals surface area contributed by atoms with Gasteiger partial charge in [-0.25, -0.2) is 0 Å². The third kappa shape index (κ3) is 4.20. The molecule has 0 aliphatic rings. The molecule has 0 heterocycles. The fourth-order valence-electron chi connectivity index (χ4n) is 2.42. The summed E-state index contributed by atoms with van der Waals surface area (Å²) in [6.45, 7) is 1.57. The highest BCUT2D eigenvalue weighted by atomic mass is 16.6. The molecule has 2 rings (SSSR count). The molecule has 0 N–H and O–H groups in total. The molecule has 1 atom stereocenters. The second-order valence-electron chi connectivity index (χ2n) is 5.45. The molecule has 25 heavy (non-hydrogen) atoms. The lowest BCUT2D eigenvalue weighted by molar-refractivity contribution is -0.384. The molecular weight excluding hydrogens is 324 g/mol. The van der Waals surface area contributed by atoms with Gasteiger partial charge < -0.3 is 9.64 Å². The number of amides is 1. The van der Waals surface area contributed by atoms with Crippen molar-refractivity contribution in [2.45, 2.75) is 6.92 Å². The Kier molecular flexibility index (Phi) is 5.84. The Morgan fingerprint density at radius 3 is 2.32 bits per heavy atom. The lowest BCUT2D eigenvalue weighted by atomic mass is 10.1. The number of anilines is 1. The Bertz CT molecular complexity index is 776. The van der Waals surface area contributed by atoms with Gasteiger partial charge in [-0.2, -0.15) is 0 Å². The smallest absolute Gasteiger partial charge is 0.310 e. The Morgan fingerprint density at radius 1 is 1.12 bits per heavy atom. The van der Waals surface area contributed by atoms with Crippen molar-refractivity contribution in [1.82, 2.24) is 0 Å². The average Bonchev–Trinajstić information content (AvgIpc) is 2.65. The molecule has 7 heteroatoms. The molecule has 0 fully saturated rings. The van der Waals surface area contributed by atoms with E-state index < -0.39 is 22.7 Å². The van der Waals surface area contributed by atoms with E-state index in [1.54, 1.807) is 43.3 Å². The van der Waals surface area contributed by atoms with Crippen molar-refractivity contribution in [2.24, 2.45) is 5.92 Å². The van der Waals surface area contributed by atoms with E-state index in [1.807, 2.05) is 0 Å². The lowest BCUT2D eigenvalue weighted by Gasteiger charge is -2.25. The number of carbonyl (C=O) groups excluding carboxylic acids is 2. The number of para-hydroxylation sites is 2. The van der Waals surface area contributed by atoms with Gasteiger partial charge in [0.05, 0.1) is 18.0 Å². The van der Waals surface area contributed by atoms with Crippen molar-refractivity contribution < 1.29 is 19.2 Å². The van der Waals surface area contributed by atoms with Gasteiger partial charge in [-0.3, -0.25) is 19.7 Å². The SMILES string of the molecule is COC(=O)C(C)CN(C(=O)c1ccccc1)c1ccccc1[N+](=O)[O-]. The van der Waals surface area contributed by atoms with Gasteiger partial charge in [-0.15, -0.1) is 0 Å². The molecule has 0 bridgehead atoms. The number of nitro groups is 1. The molecule has 0 saturated heterocycles. The Labute approximate surface area is 145 Å². The van der Waals surface area contributed by atoms with Gasteiger partial charge in [0.1, 0.15) is 5.69 Å². The van der Waals surface area contributed by atoms with Gasteiger partial charge in [0.25, 0.3) is 11.6 Å². The highest BCUT2D eigenvalue weighted by molar-refractivity contribution is 6.07. The number of methoxy groups -OCH3 is 1. The summed E-state index contributed by atoms with van der Waals surface area (Å²) in [5.74, 6) is -1.56. The van der Waals surface area contributed by atoms with E-state index in [-0.39, 0.29) is 17.9 Å². The van der Waals surface area contributed by atoms with E-state index in [2.05, 4.69) is 0 Å². The van der Waals surface area contributed by atoms with Crippen LogP contribution in [0.3, 0.4) is 0 Å². The number of carbonyl (C=O) groups is 2. The van der Waals surface area contributed by atoms with Gasteiger partial charge in [-0.05, 0) is 18.2 Å². The maximum atomic E-state index is 12.9. The molecule has 1 amide bonds. The number of esters is 1. The van der Waals surface area contributed by atoms with E-state index in [0.717, 1.165) is 0 Å². The van der Waals surface area contributed by atoms with Gasteiger partial charge in [-0.1, -0.05) is 37.3 Å². The van der Waals surface area contributed by atoms with Crippen LogP contribution in [0.1, 0.15) is 17.3 Å². The van der Waals surface area contributed by atoms with Crippen LogP contribution in [0.4, 0.5) is 11.4 Å². The summed E-state index contributed by atoms with van der Waals surface area (Å²) in [4.78, 5) is 36.7. The molecule has 0 radical (unpaired) electrons. The van der Waals surface area contributed by atoms with Crippen LogP contribution < -0.4 is 4.90 Å². The van der Waals surface area contributed by atoms with Crippen LogP contribution in [-0.2, 0) is 9.53 Å². The Hall–Kier alpha value is -3.22.